The molecule has 3 nitrogen and oxygen atoms in total. The van der Waals surface area contributed by atoms with Gasteiger partial charge in [-0.15, -0.1) is 0 Å². The lowest BCUT2D eigenvalue weighted by Crippen LogP contribution is -2.32. The first-order chi connectivity index (χ1) is 15.7. The van der Waals surface area contributed by atoms with E-state index in [1.165, 1.54) is 11.8 Å². The number of hydrogen-bond donors (Lipinski definition) is 0. The Morgan fingerprint density at radius 1 is 0.812 bits per heavy atom. The Bertz CT molecular complexity index is 1320. The molecule has 0 saturated carbocycles. The number of thioether (sulfide) groups is 1. The normalized spacial score (nSPS) is 17.4. The third kappa shape index (κ3) is 3.97. The third-order valence-corrected chi connectivity index (χ3v) is 6.58. The molecule has 1 saturated heterocycles. The molecule has 4 aromatic carbocycles. The monoisotopic (exact) mass is 434 g/mol. The molecule has 0 radical (unpaired) electrons. The van der Waals surface area contributed by atoms with Crippen LogP contribution in [-0.2, 0) is 4.79 Å². The van der Waals surface area contributed by atoms with Crippen molar-refractivity contribution in [3.05, 3.63) is 119 Å². The van der Waals surface area contributed by atoms with E-state index in [0.29, 0.717) is 10.1 Å². The van der Waals surface area contributed by atoms with Crippen LogP contribution in [0.4, 0.5) is 5.69 Å². The Hall–Kier alpha value is -3.63. The molecule has 1 aliphatic heterocycles. The van der Waals surface area contributed by atoms with Crippen molar-refractivity contribution in [3.8, 4) is 0 Å². The van der Waals surface area contributed by atoms with Gasteiger partial charge in [-0.25, -0.2) is 4.99 Å². The summed E-state index contributed by atoms with van der Waals surface area (Å²) in [7, 11) is 0. The van der Waals surface area contributed by atoms with E-state index in [2.05, 4.69) is 43.3 Å². The van der Waals surface area contributed by atoms with Crippen LogP contribution in [0.2, 0.25) is 0 Å². The van der Waals surface area contributed by atoms with E-state index in [9.17, 15) is 4.79 Å². The van der Waals surface area contributed by atoms with Gasteiger partial charge in [-0.2, -0.15) is 0 Å². The van der Waals surface area contributed by atoms with Crippen molar-refractivity contribution < 1.29 is 4.79 Å². The molecule has 0 aromatic heterocycles. The predicted octanol–water partition coefficient (Wildman–Crippen LogP) is 7.21. The molecule has 1 amide bonds. The van der Waals surface area contributed by atoms with Crippen molar-refractivity contribution >= 4 is 45.4 Å². The summed E-state index contributed by atoms with van der Waals surface area (Å²) in [6.07, 6.45) is 1.99. The summed E-state index contributed by atoms with van der Waals surface area (Å²) in [6, 6.07) is 34.2. The molecular weight excluding hydrogens is 412 g/mol. The standard InChI is InChI=1S/C28H22N2OS/c1-20(21-11-4-2-5-12-21)30-27(31)26(32-28(30)29-24-16-6-3-7-17-24)19-23-15-10-14-22-13-8-9-18-25(22)23/h2-20H,1H3/b26-19+,29-28?/t20-/m1/s1. The molecule has 1 atom stereocenters. The Morgan fingerprint density at radius 2 is 1.47 bits per heavy atom. The van der Waals surface area contributed by atoms with E-state index in [0.717, 1.165) is 27.6 Å². The Morgan fingerprint density at radius 3 is 2.25 bits per heavy atom. The summed E-state index contributed by atoms with van der Waals surface area (Å²) in [6.45, 7) is 2.05. The quantitative estimate of drug-likeness (QED) is 0.318. The molecule has 4 heteroatoms. The Balaban J connectivity index is 1.59. The molecule has 5 rings (SSSR count). The SMILES string of the molecule is C[C@H](c1ccccc1)N1C(=O)/C(=C\c2cccc3ccccc23)SC1=Nc1ccccc1. The van der Waals surface area contributed by atoms with Crippen LogP contribution in [0.1, 0.15) is 24.1 Å². The largest absolute Gasteiger partial charge is 0.279 e. The third-order valence-electron chi connectivity index (χ3n) is 5.60. The molecule has 0 spiro atoms. The molecule has 32 heavy (non-hydrogen) atoms. The van der Waals surface area contributed by atoms with Gasteiger partial charge in [0.05, 0.1) is 16.6 Å². The van der Waals surface area contributed by atoms with Gasteiger partial charge in [-0.05, 0) is 58.8 Å². The molecule has 1 aliphatic rings. The maximum Gasteiger partial charge on any atom is 0.267 e. The summed E-state index contributed by atoms with van der Waals surface area (Å²) < 4.78 is 0. The lowest BCUT2D eigenvalue weighted by atomic mass is 10.0. The van der Waals surface area contributed by atoms with E-state index in [4.69, 9.17) is 4.99 Å². The van der Waals surface area contributed by atoms with Crippen molar-refractivity contribution in [2.24, 2.45) is 4.99 Å². The molecule has 0 aliphatic carbocycles. The number of carbonyl (C=O) groups excluding carboxylic acids is 1. The predicted molar refractivity (Wildman–Crippen MR) is 135 cm³/mol. The summed E-state index contributed by atoms with van der Waals surface area (Å²) in [5, 5.41) is 2.99. The number of amides is 1. The Labute approximate surface area is 192 Å². The van der Waals surface area contributed by atoms with Crippen molar-refractivity contribution in [1.29, 1.82) is 0 Å². The fourth-order valence-electron chi connectivity index (χ4n) is 3.92. The van der Waals surface area contributed by atoms with Gasteiger partial charge in [0, 0.05) is 0 Å². The second kappa shape index (κ2) is 8.85. The second-order valence-electron chi connectivity index (χ2n) is 7.67. The molecule has 1 fully saturated rings. The molecule has 1 heterocycles. The van der Waals surface area contributed by atoms with Crippen LogP contribution < -0.4 is 0 Å². The number of aliphatic imine (C=N–C) groups is 1. The first-order valence-corrected chi connectivity index (χ1v) is 11.4. The van der Waals surface area contributed by atoms with E-state index in [-0.39, 0.29) is 11.9 Å². The minimum atomic E-state index is -0.128. The molecular formula is C28H22N2OS. The molecule has 0 bridgehead atoms. The Kier molecular flexibility index (Phi) is 5.61. The first-order valence-electron chi connectivity index (χ1n) is 10.6. The fourth-order valence-corrected chi connectivity index (χ4v) is 4.98. The van der Waals surface area contributed by atoms with E-state index in [1.54, 1.807) is 0 Å². The van der Waals surface area contributed by atoms with Gasteiger partial charge >= 0.3 is 0 Å². The smallest absolute Gasteiger partial charge is 0.267 e. The van der Waals surface area contributed by atoms with E-state index < -0.39 is 0 Å². The number of rotatable bonds is 4. The van der Waals surface area contributed by atoms with E-state index >= 15 is 0 Å². The van der Waals surface area contributed by atoms with Gasteiger partial charge in [0.1, 0.15) is 0 Å². The minimum Gasteiger partial charge on any atom is -0.279 e. The summed E-state index contributed by atoms with van der Waals surface area (Å²) in [5.41, 5.74) is 2.94. The number of benzene rings is 4. The van der Waals surface area contributed by atoms with Crippen LogP contribution in [0.25, 0.3) is 16.8 Å². The minimum absolute atomic E-state index is 0.0195. The van der Waals surface area contributed by atoms with Gasteiger partial charge in [-0.3, -0.25) is 9.69 Å². The first kappa shape index (κ1) is 20.3. The second-order valence-corrected chi connectivity index (χ2v) is 8.68. The zero-order valence-electron chi connectivity index (χ0n) is 17.7. The maximum absolute atomic E-state index is 13.6. The lowest BCUT2D eigenvalue weighted by Gasteiger charge is -2.24. The van der Waals surface area contributed by atoms with Gasteiger partial charge in [0.15, 0.2) is 5.17 Å². The number of carbonyl (C=O) groups is 1. The zero-order chi connectivity index (χ0) is 21.9. The van der Waals surface area contributed by atoms with Crippen molar-refractivity contribution in [1.82, 2.24) is 4.90 Å². The summed E-state index contributed by atoms with van der Waals surface area (Å²) >= 11 is 1.44. The number of hydrogen-bond acceptors (Lipinski definition) is 3. The van der Waals surface area contributed by atoms with Crippen molar-refractivity contribution in [3.63, 3.8) is 0 Å². The molecule has 156 valence electrons. The van der Waals surface area contributed by atoms with Gasteiger partial charge < -0.3 is 0 Å². The summed E-state index contributed by atoms with van der Waals surface area (Å²) in [5.74, 6) is -0.0195. The van der Waals surface area contributed by atoms with Crippen LogP contribution in [0, 0.1) is 0 Å². The van der Waals surface area contributed by atoms with Crippen LogP contribution in [-0.4, -0.2) is 16.0 Å². The highest BCUT2D eigenvalue weighted by Gasteiger charge is 2.37. The van der Waals surface area contributed by atoms with Crippen LogP contribution in [0.3, 0.4) is 0 Å². The van der Waals surface area contributed by atoms with Crippen molar-refractivity contribution in [2.45, 2.75) is 13.0 Å². The summed E-state index contributed by atoms with van der Waals surface area (Å²) in [4.78, 5) is 20.9. The lowest BCUT2D eigenvalue weighted by molar-refractivity contribution is -0.123. The number of nitrogens with zero attached hydrogens (tertiary/aromatic N) is 2. The van der Waals surface area contributed by atoms with Crippen molar-refractivity contribution in [2.75, 3.05) is 0 Å². The van der Waals surface area contributed by atoms with Crippen LogP contribution in [0.5, 0.6) is 0 Å². The molecule has 0 unspecified atom stereocenters. The number of para-hydroxylation sites is 1. The van der Waals surface area contributed by atoms with Crippen LogP contribution in [0.15, 0.2) is 113 Å². The average Bonchev–Trinajstić information content (AvgIpc) is 3.14. The van der Waals surface area contributed by atoms with Gasteiger partial charge in [-0.1, -0.05) is 91.0 Å². The highest BCUT2D eigenvalue weighted by Crippen LogP contribution is 2.39. The number of amidine groups is 1. The topological polar surface area (TPSA) is 32.7 Å². The molecule has 0 N–H and O–H groups in total. The highest BCUT2D eigenvalue weighted by atomic mass is 32.2. The highest BCUT2D eigenvalue weighted by molar-refractivity contribution is 8.18. The fraction of sp³-hybridized carbons (Fsp3) is 0.0714. The van der Waals surface area contributed by atoms with E-state index in [1.807, 2.05) is 77.7 Å². The molecule has 4 aromatic rings. The van der Waals surface area contributed by atoms with Crippen LogP contribution >= 0.6 is 11.8 Å². The average molecular weight is 435 g/mol. The zero-order valence-corrected chi connectivity index (χ0v) is 18.5. The number of fused-ring (bicyclic) bond motifs is 1. The maximum atomic E-state index is 13.6. The van der Waals surface area contributed by atoms with Gasteiger partial charge in [0.2, 0.25) is 0 Å². The van der Waals surface area contributed by atoms with Gasteiger partial charge in [0.25, 0.3) is 5.91 Å².